The van der Waals surface area contributed by atoms with Gasteiger partial charge in [0, 0.05) is 13.1 Å². The third-order valence-corrected chi connectivity index (χ3v) is 5.29. The molecule has 1 saturated heterocycles. The van der Waals surface area contributed by atoms with Gasteiger partial charge < -0.3 is 15.3 Å². The predicted molar refractivity (Wildman–Crippen MR) is 69.1 cm³/mol. The van der Waals surface area contributed by atoms with Crippen LogP contribution in [-0.2, 0) is 10.0 Å². The minimum Gasteiger partial charge on any atom is -0.478 e. The Kier molecular flexibility index (Phi) is 4.22. The second-order valence-electron chi connectivity index (χ2n) is 4.53. The molecule has 0 bridgehead atoms. The van der Waals surface area contributed by atoms with E-state index in [-0.39, 0.29) is 13.1 Å². The number of rotatable bonds is 3. The maximum atomic E-state index is 13.6. The number of aliphatic hydroxyl groups excluding tert-OH is 2. The highest BCUT2D eigenvalue weighted by atomic mass is 35.5. The van der Waals surface area contributed by atoms with Crippen molar-refractivity contribution in [3.8, 4) is 0 Å². The number of carboxylic acid groups (broad SMARTS) is 1. The fourth-order valence-electron chi connectivity index (χ4n) is 1.95. The Morgan fingerprint density at radius 1 is 1.29 bits per heavy atom. The molecule has 21 heavy (non-hydrogen) atoms. The molecule has 2 unspecified atom stereocenters. The van der Waals surface area contributed by atoms with Crippen LogP contribution in [0.5, 0.6) is 0 Å². The molecule has 116 valence electrons. The molecule has 0 aromatic heterocycles. The largest absolute Gasteiger partial charge is 0.478 e. The summed E-state index contributed by atoms with van der Waals surface area (Å²) in [6.45, 7) is -0.730. The number of aromatic carboxylic acids is 1. The van der Waals surface area contributed by atoms with E-state index < -0.39 is 49.5 Å². The molecule has 0 amide bonds. The first kappa shape index (κ1) is 16.1. The Morgan fingerprint density at radius 3 is 2.29 bits per heavy atom. The molecular formula is C11H11ClFNO6S. The van der Waals surface area contributed by atoms with Gasteiger partial charge in [-0.1, -0.05) is 11.6 Å². The van der Waals surface area contributed by atoms with Crippen LogP contribution >= 0.6 is 11.6 Å². The van der Waals surface area contributed by atoms with Gasteiger partial charge in [0.1, 0.15) is 5.82 Å². The molecular weight excluding hydrogens is 329 g/mol. The fourth-order valence-corrected chi connectivity index (χ4v) is 3.65. The molecule has 0 saturated carbocycles. The first-order chi connectivity index (χ1) is 9.64. The van der Waals surface area contributed by atoms with E-state index in [0.717, 1.165) is 10.4 Å². The zero-order valence-corrected chi connectivity index (χ0v) is 12.0. The molecule has 1 fully saturated rings. The second-order valence-corrected chi connectivity index (χ2v) is 6.84. The minimum absolute atomic E-state index is 0.365. The number of nitrogens with zero attached hydrogens (tertiary/aromatic N) is 1. The van der Waals surface area contributed by atoms with Crippen LogP contribution < -0.4 is 0 Å². The number of benzene rings is 1. The monoisotopic (exact) mass is 339 g/mol. The zero-order chi connectivity index (χ0) is 15.9. The van der Waals surface area contributed by atoms with Gasteiger partial charge in [-0.15, -0.1) is 0 Å². The SMILES string of the molecule is O=C(O)c1cc(S(=O)(=O)N2CC(O)C(O)C2)cc(F)c1Cl. The third kappa shape index (κ3) is 2.87. The van der Waals surface area contributed by atoms with Gasteiger partial charge in [-0.25, -0.2) is 17.6 Å². The lowest BCUT2D eigenvalue weighted by Crippen LogP contribution is -2.30. The average Bonchev–Trinajstić information content (AvgIpc) is 2.73. The summed E-state index contributed by atoms with van der Waals surface area (Å²) < 4.78 is 38.9. The lowest BCUT2D eigenvalue weighted by molar-refractivity contribution is 0.0572. The van der Waals surface area contributed by atoms with E-state index in [4.69, 9.17) is 16.7 Å². The quantitative estimate of drug-likeness (QED) is 0.708. The second kappa shape index (κ2) is 5.50. The van der Waals surface area contributed by atoms with Gasteiger partial charge >= 0.3 is 5.97 Å². The van der Waals surface area contributed by atoms with Gasteiger partial charge in [-0.05, 0) is 12.1 Å². The molecule has 2 atom stereocenters. The van der Waals surface area contributed by atoms with E-state index in [1.54, 1.807) is 0 Å². The van der Waals surface area contributed by atoms with Crippen molar-refractivity contribution in [3.63, 3.8) is 0 Å². The Bertz CT molecular complexity index is 684. The number of carbonyl (C=O) groups is 1. The maximum Gasteiger partial charge on any atom is 0.337 e. The van der Waals surface area contributed by atoms with E-state index in [1.807, 2.05) is 0 Å². The van der Waals surface area contributed by atoms with E-state index in [1.165, 1.54) is 0 Å². The highest BCUT2D eigenvalue weighted by Crippen LogP contribution is 2.28. The average molecular weight is 340 g/mol. The number of sulfonamides is 1. The first-order valence-electron chi connectivity index (χ1n) is 5.73. The van der Waals surface area contributed by atoms with Gasteiger partial charge in [0.05, 0.1) is 27.7 Å². The highest BCUT2D eigenvalue weighted by molar-refractivity contribution is 7.89. The molecule has 7 nitrogen and oxygen atoms in total. The Hall–Kier alpha value is -1.26. The first-order valence-corrected chi connectivity index (χ1v) is 7.55. The topological polar surface area (TPSA) is 115 Å². The Balaban J connectivity index is 2.49. The lowest BCUT2D eigenvalue weighted by Gasteiger charge is -2.16. The highest BCUT2D eigenvalue weighted by Gasteiger charge is 2.38. The van der Waals surface area contributed by atoms with Crippen LogP contribution in [0, 0.1) is 5.82 Å². The summed E-state index contributed by atoms with van der Waals surface area (Å²) in [6.07, 6.45) is -2.51. The summed E-state index contributed by atoms with van der Waals surface area (Å²) in [5.74, 6) is -2.76. The van der Waals surface area contributed by atoms with E-state index >= 15 is 0 Å². The van der Waals surface area contributed by atoms with Crippen LogP contribution in [0.15, 0.2) is 17.0 Å². The molecule has 2 rings (SSSR count). The van der Waals surface area contributed by atoms with Gasteiger partial charge in [0.15, 0.2) is 0 Å². The molecule has 0 aliphatic carbocycles. The molecule has 1 aromatic rings. The number of halogens is 2. The molecule has 3 N–H and O–H groups in total. The van der Waals surface area contributed by atoms with Crippen molar-refractivity contribution >= 4 is 27.6 Å². The van der Waals surface area contributed by atoms with Crippen molar-refractivity contribution < 1.29 is 32.9 Å². The van der Waals surface area contributed by atoms with Crippen molar-refractivity contribution in [2.24, 2.45) is 0 Å². The Morgan fingerprint density at radius 2 is 1.81 bits per heavy atom. The molecule has 0 radical (unpaired) electrons. The standard InChI is InChI=1S/C11H11ClFNO6S/c12-10-6(11(17)18)1-5(2-7(10)13)21(19,20)14-3-8(15)9(16)4-14/h1-2,8-9,15-16H,3-4H2,(H,17,18). The number of β-amino-alcohol motifs (C(OH)–C–C–N with tert-alkyl or cyclic N) is 2. The van der Waals surface area contributed by atoms with E-state index in [9.17, 15) is 27.8 Å². The van der Waals surface area contributed by atoms with Crippen LogP contribution in [-0.4, -0.2) is 59.3 Å². The van der Waals surface area contributed by atoms with Gasteiger partial charge in [-0.3, -0.25) is 0 Å². The molecule has 1 aromatic carbocycles. The van der Waals surface area contributed by atoms with E-state index in [0.29, 0.717) is 6.07 Å². The third-order valence-electron chi connectivity index (χ3n) is 3.10. The van der Waals surface area contributed by atoms with Crippen molar-refractivity contribution in [2.75, 3.05) is 13.1 Å². The van der Waals surface area contributed by atoms with Crippen LogP contribution in [0.1, 0.15) is 10.4 Å². The van der Waals surface area contributed by atoms with Crippen molar-refractivity contribution in [1.29, 1.82) is 0 Å². The minimum atomic E-state index is -4.25. The summed E-state index contributed by atoms with van der Waals surface area (Å²) in [5, 5.41) is 26.9. The zero-order valence-electron chi connectivity index (χ0n) is 10.4. The lowest BCUT2D eigenvalue weighted by atomic mass is 10.2. The number of hydrogen-bond donors (Lipinski definition) is 3. The van der Waals surface area contributed by atoms with Crippen molar-refractivity contribution in [1.82, 2.24) is 4.31 Å². The molecule has 10 heteroatoms. The van der Waals surface area contributed by atoms with Crippen molar-refractivity contribution in [3.05, 3.63) is 28.5 Å². The van der Waals surface area contributed by atoms with Gasteiger partial charge in [0.2, 0.25) is 10.0 Å². The summed E-state index contributed by atoms with van der Waals surface area (Å²) in [4.78, 5) is 10.3. The van der Waals surface area contributed by atoms with Crippen LogP contribution in [0.3, 0.4) is 0 Å². The molecule has 1 aliphatic rings. The number of aliphatic hydroxyl groups is 2. The van der Waals surface area contributed by atoms with Crippen molar-refractivity contribution in [2.45, 2.75) is 17.1 Å². The van der Waals surface area contributed by atoms with Crippen LogP contribution in [0.25, 0.3) is 0 Å². The predicted octanol–water partition coefficient (Wildman–Crippen LogP) is -0.0966. The fraction of sp³-hybridized carbons (Fsp3) is 0.364. The Labute approximate surface area is 124 Å². The molecule has 1 aliphatic heterocycles. The van der Waals surface area contributed by atoms with E-state index in [2.05, 4.69) is 0 Å². The summed E-state index contributed by atoms with van der Waals surface area (Å²) in [6, 6.07) is 1.33. The van der Waals surface area contributed by atoms with Crippen LogP contribution in [0.4, 0.5) is 4.39 Å². The summed E-state index contributed by atoms with van der Waals surface area (Å²) >= 11 is 5.47. The maximum absolute atomic E-state index is 13.6. The molecule has 0 spiro atoms. The van der Waals surface area contributed by atoms with Gasteiger partial charge in [-0.2, -0.15) is 4.31 Å². The van der Waals surface area contributed by atoms with Crippen LogP contribution in [0.2, 0.25) is 5.02 Å². The smallest absolute Gasteiger partial charge is 0.337 e. The number of carboxylic acids is 1. The van der Waals surface area contributed by atoms with Gasteiger partial charge in [0.25, 0.3) is 0 Å². The summed E-state index contributed by atoms with van der Waals surface area (Å²) in [7, 11) is -4.25. The number of hydrogen-bond acceptors (Lipinski definition) is 5. The molecule has 1 heterocycles. The normalized spacial score (nSPS) is 23.4. The summed E-state index contributed by atoms with van der Waals surface area (Å²) in [5.41, 5.74) is -0.685.